The number of anilines is 1. The minimum atomic E-state index is -0.557. The second-order valence-electron chi connectivity index (χ2n) is 6.92. The Balaban J connectivity index is 1.45. The molecule has 0 saturated carbocycles. The molecule has 28 heavy (non-hydrogen) atoms. The third-order valence-electron chi connectivity index (χ3n) is 4.85. The molecule has 1 aliphatic rings. The monoisotopic (exact) mass is 383 g/mol. The zero-order valence-electron chi connectivity index (χ0n) is 16.5. The number of rotatable bonds is 9. The highest BCUT2D eigenvalue weighted by Crippen LogP contribution is 2.28. The fourth-order valence-electron chi connectivity index (χ4n) is 3.36. The van der Waals surface area contributed by atoms with E-state index in [1.54, 1.807) is 7.11 Å². The molecule has 1 aliphatic heterocycles. The lowest BCUT2D eigenvalue weighted by molar-refractivity contribution is 0.0653. The number of ether oxygens (including phenoxy) is 2. The molecular formula is C22H29N3O3. The molecule has 2 aromatic rings. The molecule has 0 amide bonds. The van der Waals surface area contributed by atoms with Crippen molar-refractivity contribution in [3.05, 3.63) is 60.8 Å². The van der Waals surface area contributed by atoms with Gasteiger partial charge < -0.3 is 19.5 Å². The van der Waals surface area contributed by atoms with Crippen molar-refractivity contribution in [3.8, 4) is 11.5 Å². The summed E-state index contributed by atoms with van der Waals surface area (Å²) in [6.07, 6.45) is 3.90. The smallest absolute Gasteiger partial charge is 0.161 e. The van der Waals surface area contributed by atoms with Gasteiger partial charge in [-0.2, -0.15) is 0 Å². The van der Waals surface area contributed by atoms with E-state index in [9.17, 15) is 5.11 Å². The predicted molar refractivity (Wildman–Crippen MR) is 111 cm³/mol. The van der Waals surface area contributed by atoms with Crippen molar-refractivity contribution in [2.45, 2.75) is 12.5 Å². The first-order valence-corrected chi connectivity index (χ1v) is 9.66. The summed E-state index contributed by atoms with van der Waals surface area (Å²) in [6.45, 7) is 8.18. The van der Waals surface area contributed by atoms with E-state index in [4.69, 9.17) is 9.47 Å². The molecule has 150 valence electrons. The normalized spacial score (nSPS) is 15.9. The quantitative estimate of drug-likeness (QED) is 0.671. The van der Waals surface area contributed by atoms with Crippen LogP contribution in [0.5, 0.6) is 11.5 Å². The standard InChI is InChI=1S/C22H29N3O3/c1-3-6-18-8-9-20(21(15-18)27-2)28-17-19(26)16-24-11-13-25(14-12-24)22-7-4-5-10-23-22/h3-5,7-10,15,19,26H,1,6,11-14,16-17H2,2H3. The highest BCUT2D eigenvalue weighted by atomic mass is 16.5. The largest absolute Gasteiger partial charge is 0.493 e. The van der Waals surface area contributed by atoms with Crippen LogP contribution in [-0.2, 0) is 6.42 Å². The van der Waals surface area contributed by atoms with E-state index in [1.807, 2.05) is 48.7 Å². The molecule has 1 saturated heterocycles. The topological polar surface area (TPSA) is 58.1 Å². The van der Waals surface area contributed by atoms with E-state index in [2.05, 4.69) is 21.4 Å². The molecule has 1 unspecified atom stereocenters. The maximum atomic E-state index is 10.4. The van der Waals surface area contributed by atoms with Crippen molar-refractivity contribution in [3.63, 3.8) is 0 Å². The third kappa shape index (κ3) is 5.47. The molecule has 0 aliphatic carbocycles. The van der Waals surface area contributed by atoms with E-state index in [1.165, 1.54) is 0 Å². The Morgan fingerprint density at radius 1 is 1.18 bits per heavy atom. The molecule has 3 rings (SSSR count). The summed E-state index contributed by atoms with van der Waals surface area (Å²) in [7, 11) is 1.62. The van der Waals surface area contributed by atoms with Crippen LogP contribution in [-0.4, -0.2) is 67.5 Å². The number of aliphatic hydroxyl groups is 1. The third-order valence-corrected chi connectivity index (χ3v) is 4.85. The number of β-amino-alcohol motifs (C(OH)–C–C–N with tert-alkyl or cyclic N) is 1. The summed E-state index contributed by atoms with van der Waals surface area (Å²) in [6, 6.07) is 11.8. The summed E-state index contributed by atoms with van der Waals surface area (Å²) in [5.74, 6) is 2.34. The Hall–Kier alpha value is -2.57. The minimum Gasteiger partial charge on any atom is -0.493 e. The number of aliphatic hydroxyl groups excluding tert-OH is 1. The van der Waals surface area contributed by atoms with Crippen molar-refractivity contribution in [1.29, 1.82) is 0 Å². The van der Waals surface area contributed by atoms with Gasteiger partial charge in [-0.3, -0.25) is 4.90 Å². The molecule has 1 aromatic carbocycles. The number of allylic oxidation sites excluding steroid dienone is 1. The minimum absolute atomic E-state index is 0.234. The van der Waals surface area contributed by atoms with Crippen LogP contribution < -0.4 is 14.4 Å². The first-order chi connectivity index (χ1) is 13.7. The van der Waals surface area contributed by atoms with Gasteiger partial charge in [-0.15, -0.1) is 6.58 Å². The molecule has 1 N–H and O–H groups in total. The Kier molecular flexibility index (Phi) is 7.28. The second kappa shape index (κ2) is 10.1. The van der Waals surface area contributed by atoms with Crippen LogP contribution in [0.4, 0.5) is 5.82 Å². The summed E-state index contributed by atoms with van der Waals surface area (Å²) < 4.78 is 11.2. The first kappa shape index (κ1) is 20.2. The van der Waals surface area contributed by atoms with Crippen molar-refractivity contribution in [1.82, 2.24) is 9.88 Å². The molecule has 6 nitrogen and oxygen atoms in total. The lowest BCUT2D eigenvalue weighted by Crippen LogP contribution is -2.49. The van der Waals surface area contributed by atoms with E-state index in [0.29, 0.717) is 18.0 Å². The van der Waals surface area contributed by atoms with Crippen molar-refractivity contribution in [2.24, 2.45) is 0 Å². The van der Waals surface area contributed by atoms with Crippen LogP contribution in [0, 0.1) is 0 Å². The fourth-order valence-corrected chi connectivity index (χ4v) is 3.36. The summed E-state index contributed by atoms with van der Waals surface area (Å²) in [5, 5.41) is 10.4. The molecule has 6 heteroatoms. The van der Waals surface area contributed by atoms with Crippen molar-refractivity contribution >= 4 is 5.82 Å². The van der Waals surface area contributed by atoms with Crippen LogP contribution in [0.25, 0.3) is 0 Å². The van der Waals surface area contributed by atoms with Crippen LogP contribution in [0.1, 0.15) is 5.56 Å². The summed E-state index contributed by atoms with van der Waals surface area (Å²) in [4.78, 5) is 8.94. The molecule has 0 spiro atoms. The number of piperazine rings is 1. The number of nitrogens with zero attached hydrogens (tertiary/aromatic N) is 3. The second-order valence-corrected chi connectivity index (χ2v) is 6.92. The van der Waals surface area contributed by atoms with Gasteiger partial charge in [0.2, 0.25) is 0 Å². The molecule has 0 radical (unpaired) electrons. The summed E-state index contributed by atoms with van der Waals surface area (Å²) >= 11 is 0. The van der Waals surface area contributed by atoms with Gasteiger partial charge in [0, 0.05) is 38.9 Å². The molecule has 2 heterocycles. The van der Waals surface area contributed by atoms with Crippen molar-refractivity contribution in [2.75, 3.05) is 51.3 Å². The summed E-state index contributed by atoms with van der Waals surface area (Å²) in [5.41, 5.74) is 1.12. The fraction of sp³-hybridized carbons (Fsp3) is 0.409. The van der Waals surface area contributed by atoms with Gasteiger partial charge >= 0.3 is 0 Å². The lowest BCUT2D eigenvalue weighted by Gasteiger charge is -2.36. The van der Waals surface area contributed by atoms with Gasteiger partial charge in [0.25, 0.3) is 0 Å². The number of hydrogen-bond donors (Lipinski definition) is 1. The average molecular weight is 383 g/mol. The zero-order chi connectivity index (χ0) is 19.8. The molecule has 1 aromatic heterocycles. The van der Waals surface area contributed by atoms with E-state index in [0.717, 1.165) is 44.0 Å². The van der Waals surface area contributed by atoms with Crippen LogP contribution >= 0.6 is 0 Å². The Morgan fingerprint density at radius 3 is 2.68 bits per heavy atom. The molecule has 0 bridgehead atoms. The van der Waals surface area contributed by atoms with Crippen LogP contribution in [0.2, 0.25) is 0 Å². The van der Waals surface area contributed by atoms with Gasteiger partial charge in [-0.25, -0.2) is 4.98 Å². The zero-order valence-corrected chi connectivity index (χ0v) is 16.5. The number of methoxy groups -OCH3 is 1. The number of benzene rings is 1. The lowest BCUT2D eigenvalue weighted by atomic mass is 10.1. The van der Waals surface area contributed by atoms with Gasteiger partial charge in [-0.05, 0) is 36.2 Å². The average Bonchev–Trinajstić information content (AvgIpc) is 2.74. The highest BCUT2D eigenvalue weighted by molar-refractivity contribution is 5.43. The Bertz CT molecular complexity index is 746. The maximum absolute atomic E-state index is 10.4. The Labute approximate surface area is 167 Å². The van der Waals surface area contributed by atoms with Gasteiger partial charge in [0.05, 0.1) is 7.11 Å². The number of pyridine rings is 1. The van der Waals surface area contributed by atoms with E-state index >= 15 is 0 Å². The predicted octanol–water partition coefficient (Wildman–Crippen LogP) is 2.38. The first-order valence-electron chi connectivity index (χ1n) is 9.66. The van der Waals surface area contributed by atoms with E-state index < -0.39 is 6.10 Å². The van der Waals surface area contributed by atoms with Gasteiger partial charge in [0.1, 0.15) is 18.5 Å². The van der Waals surface area contributed by atoms with Gasteiger partial charge in [0.15, 0.2) is 11.5 Å². The van der Waals surface area contributed by atoms with E-state index in [-0.39, 0.29) is 6.61 Å². The van der Waals surface area contributed by atoms with Crippen LogP contribution in [0.3, 0.4) is 0 Å². The highest BCUT2D eigenvalue weighted by Gasteiger charge is 2.20. The van der Waals surface area contributed by atoms with Crippen LogP contribution in [0.15, 0.2) is 55.3 Å². The molecule has 1 atom stereocenters. The molecule has 1 fully saturated rings. The number of aromatic nitrogens is 1. The van der Waals surface area contributed by atoms with Gasteiger partial charge in [-0.1, -0.05) is 18.2 Å². The van der Waals surface area contributed by atoms with Crippen molar-refractivity contribution < 1.29 is 14.6 Å². The maximum Gasteiger partial charge on any atom is 0.161 e. The number of hydrogen-bond acceptors (Lipinski definition) is 6. The SMILES string of the molecule is C=CCc1ccc(OCC(O)CN2CCN(c3ccccn3)CC2)c(OC)c1. The Morgan fingerprint density at radius 2 is 2.00 bits per heavy atom. The molecular weight excluding hydrogens is 354 g/mol.